The van der Waals surface area contributed by atoms with E-state index in [1.165, 1.54) is 45.2 Å². The molecular weight excluding hydrogens is 351 g/mol. The van der Waals surface area contributed by atoms with Crippen LogP contribution in [0.2, 0.25) is 0 Å². The van der Waals surface area contributed by atoms with Gasteiger partial charge in [-0.05, 0) is 50.9 Å². The molecule has 0 atom stereocenters. The molecule has 2 saturated heterocycles. The molecule has 1 aromatic carbocycles. The number of aromatic hydroxyl groups is 1. The van der Waals surface area contributed by atoms with Gasteiger partial charge >= 0.3 is 0 Å². The van der Waals surface area contributed by atoms with Crippen LogP contribution < -0.4 is 10.6 Å². The van der Waals surface area contributed by atoms with Crippen LogP contribution in [0, 0.1) is 7.43 Å². The van der Waals surface area contributed by atoms with E-state index in [4.69, 9.17) is 5.73 Å². The zero-order valence-electron chi connectivity index (χ0n) is 13.7. The molecule has 2 aliphatic rings. The molecular formula is C17H28N3OY-. The number of nitrogens with zero attached hydrogens (tertiary/aromatic N) is 2. The molecule has 2 fully saturated rings. The summed E-state index contributed by atoms with van der Waals surface area (Å²) in [5.74, 6) is 0.195. The summed E-state index contributed by atoms with van der Waals surface area (Å²) in [7, 11) is 0. The van der Waals surface area contributed by atoms with Crippen LogP contribution in [0.15, 0.2) is 18.2 Å². The first-order valence-corrected chi connectivity index (χ1v) is 7.81. The van der Waals surface area contributed by atoms with Crippen molar-refractivity contribution in [2.24, 2.45) is 0 Å². The van der Waals surface area contributed by atoms with E-state index in [9.17, 15) is 5.11 Å². The van der Waals surface area contributed by atoms with Crippen molar-refractivity contribution in [3.05, 3.63) is 25.6 Å². The molecule has 5 heteroatoms. The predicted molar refractivity (Wildman–Crippen MR) is 89.6 cm³/mol. The maximum absolute atomic E-state index is 9.73. The number of phenolic OH excluding ortho intramolecular Hbond substituents is 1. The van der Waals surface area contributed by atoms with Gasteiger partial charge in [0, 0.05) is 63.6 Å². The summed E-state index contributed by atoms with van der Waals surface area (Å²) in [5.41, 5.74) is 7.21. The molecule has 3 N–H and O–H groups in total. The van der Waals surface area contributed by atoms with Crippen LogP contribution in [-0.2, 0) is 32.7 Å². The fraction of sp³-hybridized carbons (Fsp3) is 0.588. The first-order valence-electron chi connectivity index (χ1n) is 7.81. The quantitative estimate of drug-likeness (QED) is 0.471. The summed E-state index contributed by atoms with van der Waals surface area (Å²) in [5, 5.41) is 9.73. The third-order valence-electron chi connectivity index (χ3n) is 4.75. The topological polar surface area (TPSA) is 52.7 Å². The molecule has 4 nitrogen and oxygen atoms in total. The third kappa shape index (κ3) is 4.59. The van der Waals surface area contributed by atoms with Crippen molar-refractivity contribution >= 4 is 11.4 Å². The molecule has 3 rings (SSSR count). The van der Waals surface area contributed by atoms with Gasteiger partial charge in [-0.2, -0.15) is 0 Å². The Kier molecular flexibility index (Phi) is 8.16. The third-order valence-corrected chi connectivity index (χ3v) is 4.75. The number of nitrogens with two attached hydrogens (primary N) is 1. The van der Waals surface area contributed by atoms with E-state index in [-0.39, 0.29) is 45.9 Å². The number of anilines is 2. The summed E-state index contributed by atoms with van der Waals surface area (Å²) in [6.45, 7) is 4.72. The van der Waals surface area contributed by atoms with E-state index in [1.807, 2.05) is 6.07 Å². The largest absolute Gasteiger partial charge is 0.506 e. The van der Waals surface area contributed by atoms with Gasteiger partial charge in [0.05, 0.1) is 5.69 Å². The van der Waals surface area contributed by atoms with Crippen molar-refractivity contribution in [3.8, 4) is 5.75 Å². The molecule has 0 bridgehead atoms. The van der Waals surface area contributed by atoms with Crippen molar-refractivity contribution in [1.82, 2.24) is 4.90 Å². The van der Waals surface area contributed by atoms with Gasteiger partial charge in [0.25, 0.3) is 0 Å². The molecule has 2 aliphatic heterocycles. The van der Waals surface area contributed by atoms with E-state index in [0.717, 1.165) is 24.8 Å². The number of rotatable bonds is 2. The number of piperidine rings is 2. The minimum atomic E-state index is 0. The minimum Gasteiger partial charge on any atom is -0.506 e. The van der Waals surface area contributed by atoms with Gasteiger partial charge in [-0.25, -0.2) is 0 Å². The summed E-state index contributed by atoms with van der Waals surface area (Å²) >= 11 is 0. The molecule has 0 spiro atoms. The van der Waals surface area contributed by atoms with Crippen LogP contribution in [0.5, 0.6) is 5.75 Å². The Morgan fingerprint density at radius 2 is 1.64 bits per heavy atom. The molecule has 0 unspecified atom stereocenters. The number of likely N-dealkylation sites (tertiary alicyclic amines) is 1. The molecule has 0 amide bonds. The molecule has 2 heterocycles. The van der Waals surface area contributed by atoms with Gasteiger partial charge in [0.2, 0.25) is 0 Å². The van der Waals surface area contributed by atoms with Crippen LogP contribution in [0.25, 0.3) is 0 Å². The van der Waals surface area contributed by atoms with Gasteiger partial charge < -0.3 is 28.1 Å². The second-order valence-corrected chi connectivity index (χ2v) is 6.06. The predicted octanol–water partition coefficient (Wildman–Crippen LogP) is 2.88. The number of hydrogen-bond acceptors (Lipinski definition) is 4. The van der Waals surface area contributed by atoms with E-state index >= 15 is 0 Å². The fourth-order valence-corrected chi connectivity index (χ4v) is 3.50. The van der Waals surface area contributed by atoms with Crippen molar-refractivity contribution in [2.45, 2.75) is 38.1 Å². The summed E-state index contributed by atoms with van der Waals surface area (Å²) in [6.07, 6.45) is 6.59. The summed E-state index contributed by atoms with van der Waals surface area (Å²) in [4.78, 5) is 5.04. The van der Waals surface area contributed by atoms with Gasteiger partial charge in [0.15, 0.2) is 0 Å². The number of benzene rings is 1. The van der Waals surface area contributed by atoms with Crippen molar-refractivity contribution in [2.75, 3.05) is 36.8 Å². The molecule has 121 valence electrons. The first kappa shape index (κ1) is 19.7. The number of hydrogen-bond donors (Lipinski definition) is 2. The SMILES string of the molecule is Nc1ccc(N2CCC(N3CCCCC3)CC2)cc1O.[CH3-].[Y]. The van der Waals surface area contributed by atoms with Crippen LogP contribution >= 0.6 is 0 Å². The van der Waals surface area contributed by atoms with Crippen LogP contribution in [0.4, 0.5) is 11.4 Å². The normalized spacial score (nSPS) is 20.1. The Morgan fingerprint density at radius 1 is 1.00 bits per heavy atom. The average Bonchev–Trinajstić information content (AvgIpc) is 2.51. The zero-order valence-corrected chi connectivity index (χ0v) is 16.5. The Balaban J connectivity index is 0.00000121. The molecule has 0 aliphatic carbocycles. The smallest absolute Gasteiger partial charge is 0.140 e. The Morgan fingerprint density at radius 3 is 2.23 bits per heavy atom. The zero-order chi connectivity index (χ0) is 13.9. The fourth-order valence-electron chi connectivity index (χ4n) is 3.50. The molecule has 0 saturated carbocycles. The number of phenols is 1. The monoisotopic (exact) mass is 379 g/mol. The van der Waals surface area contributed by atoms with Gasteiger partial charge in [-0.1, -0.05) is 6.42 Å². The van der Waals surface area contributed by atoms with E-state index in [1.54, 1.807) is 12.1 Å². The second-order valence-electron chi connectivity index (χ2n) is 6.06. The van der Waals surface area contributed by atoms with E-state index in [2.05, 4.69) is 9.80 Å². The Bertz CT molecular complexity index is 455. The van der Waals surface area contributed by atoms with E-state index < -0.39 is 0 Å². The van der Waals surface area contributed by atoms with Gasteiger partial charge in [0.1, 0.15) is 5.75 Å². The molecule has 22 heavy (non-hydrogen) atoms. The van der Waals surface area contributed by atoms with Crippen molar-refractivity contribution in [3.63, 3.8) is 0 Å². The first-order chi connectivity index (χ1) is 9.74. The standard InChI is InChI=1S/C16H25N3O.CH3.Y/c17-15-5-4-14(12-16(15)20)19-10-6-13(7-11-19)18-8-2-1-3-9-18;;/h4-5,12-13,20H,1-3,6-11,17H2;1H3;/q;-1;. The molecule has 1 aromatic rings. The Labute approximate surface area is 159 Å². The minimum absolute atomic E-state index is 0. The number of nitrogen functional groups attached to an aromatic ring is 1. The van der Waals surface area contributed by atoms with E-state index in [0.29, 0.717) is 5.69 Å². The van der Waals surface area contributed by atoms with Crippen LogP contribution in [-0.4, -0.2) is 42.2 Å². The second kappa shape index (κ2) is 9.10. The van der Waals surface area contributed by atoms with Crippen molar-refractivity contribution < 1.29 is 37.8 Å². The van der Waals surface area contributed by atoms with Crippen LogP contribution in [0.1, 0.15) is 32.1 Å². The average molecular weight is 379 g/mol. The maximum Gasteiger partial charge on any atom is 0.140 e. The molecule has 0 aromatic heterocycles. The van der Waals surface area contributed by atoms with Gasteiger partial charge in [-0.3, -0.25) is 0 Å². The Hall–Kier alpha value is -0.316. The summed E-state index contributed by atoms with van der Waals surface area (Å²) < 4.78 is 0. The molecule has 1 radical (unpaired) electrons. The van der Waals surface area contributed by atoms with Crippen molar-refractivity contribution in [1.29, 1.82) is 0 Å². The van der Waals surface area contributed by atoms with Crippen LogP contribution in [0.3, 0.4) is 0 Å². The summed E-state index contributed by atoms with van der Waals surface area (Å²) in [6, 6.07) is 6.35. The van der Waals surface area contributed by atoms with Gasteiger partial charge in [-0.15, -0.1) is 0 Å². The maximum atomic E-state index is 9.73.